The van der Waals surface area contributed by atoms with E-state index < -0.39 is 11.5 Å². The van der Waals surface area contributed by atoms with Crippen LogP contribution in [0.3, 0.4) is 0 Å². The van der Waals surface area contributed by atoms with E-state index in [-0.39, 0.29) is 6.42 Å². The molecule has 0 aromatic rings. The summed E-state index contributed by atoms with van der Waals surface area (Å²) in [4.78, 5) is 10.2. The van der Waals surface area contributed by atoms with E-state index in [0.29, 0.717) is 0 Å². The summed E-state index contributed by atoms with van der Waals surface area (Å²) >= 11 is 0. The van der Waals surface area contributed by atoms with E-state index in [1.807, 2.05) is 0 Å². The van der Waals surface area contributed by atoms with Crippen LogP contribution in [0.15, 0.2) is 10.2 Å². The van der Waals surface area contributed by atoms with E-state index in [9.17, 15) is 4.79 Å². The second-order valence-electron chi connectivity index (χ2n) is 2.26. The third-order valence-electron chi connectivity index (χ3n) is 1.06. The molecule has 0 rings (SSSR count). The number of hydrogen-bond donors (Lipinski definition) is 1. The Bertz CT molecular complexity index is 218. The lowest BCUT2D eigenvalue weighted by atomic mass is 10.0. The molecule has 0 aromatic heterocycles. The zero-order valence-electron chi connectivity index (χ0n) is 6.40. The fourth-order valence-electron chi connectivity index (χ4n) is 0.612. The average Bonchev–Trinajstić information content (AvgIpc) is 1.87. The zero-order valence-corrected chi connectivity index (χ0v) is 6.40. The number of carbonyl (C=O) groups is 1. The quantitative estimate of drug-likeness (QED) is 0.612. The highest BCUT2D eigenvalue weighted by molar-refractivity contribution is 5.69. The summed E-state index contributed by atoms with van der Waals surface area (Å²) in [7, 11) is 1.40. The van der Waals surface area contributed by atoms with Gasteiger partial charge in [0.15, 0.2) is 5.54 Å². The van der Waals surface area contributed by atoms with Crippen LogP contribution in [-0.4, -0.2) is 23.7 Å². The van der Waals surface area contributed by atoms with Gasteiger partial charge in [0.05, 0.1) is 12.5 Å². The molecule has 1 unspecified atom stereocenters. The van der Waals surface area contributed by atoms with Crippen molar-refractivity contribution in [1.82, 2.24) is 0 Å². The highest BCUT2D eigenvalue weighted by Crippen LogP contribution is 2.13. The van der Waals surface area contributed by atoms with Gasteiger partial charge in [-0.3, -0.25) is 4.79 Å². The van der Waals surface area contributed by atoms with Gasteiger partial charge in [-0.15, -0.1) is 0 Å². The molecule has 5 heteroatoms. The molecule has 0 saturated heterocycles. The molecule has 0 aromatic carbocycles. The number of azo groups is 1. The first-order valence-electron chi connectivity index (χ1n) is 2.98. The Morgan fingerprint density at radius 1 is 1.82 bits per heavy atom. The Morgan fingerprint density at radius 2 is 2.36 bits per heavy atom. The lowest BCUT2D eigenvalue weighted by Crippen LogP contribution is -2.23. The highest BCUT2D eigenvalue weighted by Gasteiger charge is 2.26. The third kappa shape index (κ3) is 3.30. The van der Waals surface area contributed by atoms with Crippen LogP contribution in [-0.2, 0) is 4.79 Å². The zero-order chi connectivity index (χ0) is 8.91. The number of nitriles is 1. The van der Waals surface area contributed by atoms with Crippen molar-refractivity contribution in [3.8, 4) is 6.07 Å². The predicted molar refractivity (Wildman–Crippen MR) is 37.1 cm³/mol. The fraction of sp³-hybridized carbons (Fsp3) is 0.667. The van der Waals surface area contributed by atoms with Gasteiger partial charge in [0.25, 0.3) is 0 Å². The lowest BCUT2D eigenvalue weighted by molar-refractivity contribution is -0.137. The normalized spacial score (nSPS) is 15.7. The molecule has 11 heavy (non-hydrogen) atoms. The van der Waals surface area contributed by atoms with Crippen molar-refractivity contribution in [3.05, 3.63) is 0 Å². The van der Waals surface area contributed by atoms with Gasteiger partial charge in [-0.25, -0.2) is 0 Å². The Hall–Kier alpha value is -1.44. The molecule has 0 heterocycles. The summed E-state index contributed by atoms with van der Waals surface area (Å²) in [6.45, 7) is 1.42. The minimum atomic E-state index is -1.22. The topological polar surface area (TPSA) is 85.8 Å². The highest BCUT2D eigenvalue weighted by atomic mass is 16.4. The fourth-order valence-corrected chi connectivity index (χ4v) is 0.612. The molecule has 0 saturated carbocycles. The molecule has 0 radical (unpaired) electrons. The van der Waals surface area contributed by atoms with Crippen LogP contribution in [0.1, 0.15) is 13.3 Å². The second kappa shape index (κ2) is 3.66. The number of carboxylic acid groups (broad SMARTS) is 1. The molecule has 0 bridgehead atoms. The number of hydrogen-bond acceptors (Lipinski definition) is 4. The second-order valence-corrected chi connectivity index (χ2v) is 2.26. The van der Waals surface area contributed by atoms with Crippen molar-refractivity contribution in [2.24, 2.45) is 10.2 Å². The maximum absolute atomic E-state index is 10.2. The summed E-state index contributed by atoms with van der Waals surface area (Å²) in [5.41, 5.74) is -1.22. The number of carboxylic acids is 1. The molecule has 60 valence electrons. The van der Waals surface area contributed by atoms with Gasteiger partial charge in [-0.2, -0.15) is 15.5 Å². The van der Waals surface area contributed by atoms with Crippen molar-refractivity contribution in [1.29, 1.82) is 5.26 Å². The first-order chi connectivity index (χ1) is 5.04. The van der Waals surface area contributed by atoms with Gasteiger partial charge in [0.2, 0.25) is 0 Å². The molecule has 0 spiro atoms. The summed E-state index contributed by atoms with van der Waals surface area (Å²) in [5.74, 6) is -1.05. The first-order valence-corrected chi connectivity index (χ1v) is 2.98. The van der Waals surface area contributed by atoms with E-state index in [2.05, 4.69) is 10.2 Å². The Labute approximate surface area is 64.4 Å². The number of rotatable bonds is 3. The van der Waals surface area contributed by atoms with Crippen LogP contribution in [0.4, 0.5) is 0 Å². The lowest BCUT2D eigenvalue weighted by Gasteiger charge is -2.09. The third-order valence-corrected chi connectivity index (χ3v) is 1.06. The van der Waals surface area contributed by atoms with Crippen LogP contribution in [0.5, 0.6) is 0 Å². The summed E-state index contributed by atoms with van der Waals surface area (Å²) < 4.78 is 0. The van der Waals surface area contributed by atoms with E-state index in [0.717, 1.165) is 0 Å². The maximum atomic E-state index is 10.2. The smallest absolute Gasteiger partial charge is 0.306 e. The van der Waals surface area contributed by atoms with Gasteiger partial charge in [0.1, 0.15) is 0 Å². The predicted octanol–water partition coefficient (Wildman–Crippen LogP) is 0.825. The standard InChI is InChI=1S/C6H9N3O2/c1-6(4-7,9-8-2)3-5(10)11/h3H2,1-2H3,(H,10,11). The minimum Gasteiger partial charge on any atom is -0.481 e. The van der Waals surface area contributed by atoms with Crippen LogP contribution < -0.4 is 0 Å². The Morgan fingerprint density at radius 3 is 2.64 bits per heavy atom. The van der Waals surface area contributed by atoms with Gasteiger partial charge >= 0.3 is 5.97 Å². The van der Waals surface area contributed by atoms with Crippen molar-refractivity contribution < 1.29 is 9.90 Å². The minimum absolute atomic E-state index is 0.319. The van der Waals surface area contributed by atoms with Crippen molar-refractivity contribution in [3.63, 3.8) is 0 Å². The number of aliphatic carboxylic acids is 1. The Kier molecular flexibility index (Phi) is 3.18. The van der Waals surface area contributed by atoms with Crippen molar-refractivity contribution in [2.45, 2.75) is 18.9 Å². The summed E-state index contributed by atoms with van der Waals surface area (Å²) in [6, 6.07) is 1.77. The van der Waals surface area contributed by atoms with Gasteiger partial charge in [-0.1, -0.05) is 0 Å². The number of nitrogens with zero attached hydrogens (tertiary/aromatic N) is 3. The molecule has 0 aliphatic rings. The van der Waals surface area contributed by atoms with E-state index in [1.165, 1.54) is 14.0 Å². The molecule has 5 nitrogen and oxygen atoms in total. The molecule has 1 N–H and O–H groups in total. The van der Waals surface area contributed by atoms with Crippen LogP contribution in [0, 0.1) is 11.3 Å². The van der Waals surface area contributed by atoms with Gasteiger partial charge in [0, 0.05) is 7.05 Å². The van der Waals surface area contributed by atoms with Gasteiger partial charge < -0.3 is 5.11 Å². The molecular formula is C6H9N3O2. The first kappa shape index (κ1) is 9.56. The van der Waals surface area contributed by atoms with Crippen molar-refractivity contribution >= 4 is 5.97 Å². The van der Waals surface area contributed by atoms with Gasteiger partial charge in [-0.05, 0) is 6.92 Å². The molecule has 0 amide bonds. The van der Waals surface area contributed by atoms with Crippen LogP contribution >= 0.6 is 0 Å². The molecule has 0 fully saturated rings. The van der Waals surface area contributed by atoms with Crippen LogP contribution in [0.2, 0.25) is 0 Å². The summed E-state index contributed by atoms with van der Waals surface area (Å²) in [6.07, 6.45) is -0.319. The summed E-state index contributed by atoms with van der Waals surface area (Å²) in [5, 5.41) is 23.7. The molecular weight excluding hydrogens is 146 g/mol. The van der Waals surface area contributed by atoms with E-state index >= 15 is 0 Å². The van der Waals surface area contributed by atoms with Crippen LogP contribution in [0.25, 0.3) is 0 Å². The Balaban J connectivity index is 4.37. The average molecular weight is 155 g/mol. The largest absolute Gasteiger partial charge is 0.481 e. The van der Waals surface area contributed by atoms with E-state index in [4.69, 9.17) is 10.4 Å². The molecule has 1 atom stereocenters. The van der Waals surface area contributed by atoms with Crippen molar-refractivity contribution in [2.75, 3.05) is 7.05 Å². The maximum Gasteiger partial charge on any atom is 0.306 e. The molecule has 0 aliphatic carbocycles. The molecule has 0 aliphatic heterocycles. The monoisotopic (exact) mass is 155 g/mol. The SMILES string of the molecule is CN=NC(C)(C#N)CC(=O)O. The van der Waals surface area contributed by atoms with E-state index in [1.54, 1.807) is 6.07 Å².